The maximum Gasteiger partial charge on any atom is 0.191 e. The van der Waals surface area contributed by atoms with Crippen LogP contribution in [0.1, 0.15) is 0 Å². The van der Waals surface area contributed by atoms with Gasteiger partial charge in [0.05, 0.1) is 5.88 Å². The SMILES string of the molecule is O=C(C=NO)CCl. The van der Waals surface area contributed by atoms with E-state index in [0.29, 0.717) is 0 Å². The summed E-state index contributed by atoms with van der Waals surface area (Å²) in [6, 6.07) is 0. The average molecular weight is 122 g/mol. The molecule has 1 N–H and O–H groups in total. The molecule has 7 heavy (non-hydrogen) atoms. The van der Waals surface area contributed by atoms with Gasteiger partial charge in [-0.15, -0.1) is 11.6 Å². The minimum absolute atomic E-state index is 0.135. The minimum Gasteiger partial charge on any atom is -0.411 e. The van der Waals surface area contributed by atoms with Crippen molar-refractivity contribution >= 4 is 23.6 Å². The standard InChI is InChI=1S/C3H4ClNO2/c4-1-3(6)2-5-7/h2,7H,1H2. The van der Waals surface area contributed by atoms with Crippen molar-refractivity contribution in [2.75, 3.05) is 5.88 Å². The topological polar surface area (TPSA) is 49.7 Å². The van der Waals surface area contributed by atoms with Gasteiger partial charge in [-0.05, 0) is 0 Å². The molecular weight excluding hydrogens is 117 g/mol. The molecular formula is C3H4ClNO2. The normalized spacial score (nSPS) is 9.86. The van der Waals surface area contributed by atoms with Gasteiger partial charge in [0.1, 0.15) is 6.21 Å². The maximum atomic E-state index is 9.97. The Bertz CT molecular complexity index is 90.9. The van der Waals surface area contributed by atoms with Gasteiger partial charge < -0.3 is 5.21 Å². The van der Waals surface area contributed by atoms with E-state index in [1.807, 2.05) is 0 Å². The Kier molecular flexibility index (Phi) is 3.32. The van der Waals surface area contributed by atoms with E-state index in [0.717, 1.165) is 6.21 Å². The van der Waals surface area contributed by atoms with Crippen LogP contribution in [0.25, 0.3) is 0 Å². The highest BCUT2D eigenvalue weighted by Crippen LogP contribution is 1.72. The molecule has 0 spiro atoms. The molecule has 0 aliphatic heterocycles. The third-order valence-electron chi connectivity index (χ3n) is 0.333. The van der Waals surface area contributed by atoms with Gasteiger partial charge in [-0.25, -0.2) is 0 Å². The predicted molar refractivity (Wildman–Crippen MR) is 26.0 cm³/mol. The van der Waals surface area contributed by atoms with E-state index in [1.54, 1.807) is 0 Å². The summed E-state index contributed by atoms with van der Waals surface area (Å²) in [5, 5.41) is 10.1. The molecule has 0 aliphatic rings. The first kappa shape index (κ1) is 6.43. The molecule has 3 nitrogen and oxygen atoms in total. The molecule has 0 fully saturated rings. The second-order valence-corrected chi connectivity index (χ2v) is 1.11. The van der Waals surface area contributed by atoms with Crippen LogP contribution in [-0.2, 0) is 4.79 Å². The Balaban J connectivity index is 3.37. The zero-order chi connectivity index (χ0) is 5.70. The van der Waals surface area contributed by atoms with Crippen molar-refractivity contribution in [3.05, 3.63) is 0 Å². The van der Waals surface area contributed by atoms with Gasteiger partial charge in [-0.2, -0.15) is 0 Å². The number of alkyl halides is 1. The highest BCUT2D eigenvalue weighted by atomic mass is 35.5. The number of hydrogen-bond acceptors (Lipinski definition) is 3. The lowest BCUT2D eigenvalue weighted by Gasteiger charge is -1.74. The number of carbonyl (C=O) groups is 1. The Hall–Kier alpha value is -0.570. The fourth-order valence-electron chi connectivity index (χ4n) is 0.0989. The highest BCUT2D eigenvalue weighted by molar-refractivity contribution is 6.41. The molecule has 0 aromatic heterocycles. The maximum absolute atomic E-state index is 9.97. The second kappa shape index (κ2) is 3.61. The predicted octanol–water partition coefficient (Wildman–Crippen LogP) is 0.254. The van der Waals surface area contributed by atoms with Gasteiger partial charge in [0.25, 0.3) is 0 Å². The van der Waals surface area contributed by atoms with Crippen molar-refractivity contribution in [2.24, 2.45) is 5.16 Å². The zero-order valence-corrected chi connectivity index (χ0v) is 4.22. The first-order valence-corrected chi connectivity index (χ1v) is 2.11. The second-order valence-electron chi connectivity index (χ2n) is 0.845. The number of halogens is 1. The molecule has 0 amide bonds. The largest absolute Gasteiger partial charge is 0.411 e. The van der Waals surface area contributed by atoms with Crippen molar-refractivity contribution < 1.29 is 10.0 Å². The lowest BCUT2D eigenvalue weighted by molar-refractivity contribution is -0.110. The summed E-state index contributed by atoms with van der Waals surface area (Å²) >= 11 is 4.98. The van der Waals surface area contributed by atoms with Crippen molar-refractivity contribution in [1.29, 1.82) is 0 Å². The molecule has 0 aromatic rings. The molecule has 4 heteroatoms. The molecule has 0 unspecified atom stereocenters. The first-order chi connectivity index (χ1) is 3.31. The van der Waals surface area contributed by atoms with Gasteiger partial charge in [0, 0.05) is 0 Å². The van der Waals surface area contributed by atoms with Crippen LogP contribution in [0.5, 0.6) is 0 Å². The quantitative estimate of drug-likeness (QED) is 0.247. The number of carbonyl (C=O) groups excluding carboxylic acids is 1. The molecule has 0 radical (unpaired) electrons. The van der Waals surface area contributed by atoms with Crippen molar-refractivity contribution in [3.63, 3.8) is 0 Å². The lowest BCUT2D eigenvalue weighted by atomic mass is 10.5. The van der Waals surface area contributed by atoms with Gasteiger partial charge in [-0.3, -0.25) is 4.79 Å². The van der Waals surface area contributed by atoms with E-state index in [2.05, 4.69) is 5.16 Å². The summed E-state index contributed by atoms with van der Waals surface area (Å²) in [5.74, 6) is -0.534. The summed E-state index contributed by atoms with van der Waals surface area (Å²) in [4.78, 5) is 9.97. The number of oxime groups is 1. The van der Waals surface area contributed by atoms with Gasteiger partial charge in [0.2, 0.25) is 0 Å². The van der Waals surface area contributed by atoms with Crippen LogP contribution >= 0.6 is 11.6 Å². The van der Waals surface area contributed by atoms with Gasteiger partial charge in [-0.1, -0.05) is 5.16 Å². The summed E-state index contributed by atoms with van der Waals surface area (Å²) in [7, 11) is 0. The summed E-state index contributed by atoms with van der Waals surface area (Å²) < 4.78 is 0. The molecule has 0 aromatic carbocycles. The Morgan fingerprint density at radius 2 is 2.57 bits per heavy atom. The van der Waals surface area contributed by atoms with E-state index < -0.39 is 5.78 Å². The number of Topliss-reactive ketones (excluding diaryl/α,β-unsaturated/α-hetero) is 1. The summed E-state index contributed by atoms with van der Waals surface area (Å²) in [6.07, 6.45) is 0.757. The van der Waals surface area contributed by atoms with Crippen LogP contribution in [0.4, 0.5) is 0 Å². The Morgan fingerprint density at radius 3 is 2.71 bits per heavy atom. The number of nitrogens with zero attached hydrogens (tertiary/aromatic N) is 1. The molecule has 0 aliphatic carbocycles. The van der Waals surface area contributed by atoms with E-state index in [9.17, 15) is 4.79 Å². The Morgan fingerprint density at radius 1 is 2.00 bits per heavy atom. The van der Waals surface area contributed by atoms with E-state index in [-0.39, 0.29) is 5.88 Å². The number of ketones is 1. The fraction of sp³-hybridized carbons (Fsp3) is 0.333. The smallest absolute Gasteiger partial charge is 0.191 e. The Labute approximate surface area is 45.6 Å². The number of hydrogen-bond donors (Lipinski definition) is 1. The number of rotatable bonds is 2. The average Bonchev–Trinajstić information content (AvgIpc) is 1.68. The zero-order valence-electron chi connectivity index (χ0n) is 3.47. The molecule has 0 atom stereocenters. The minimum atomic E-state index is -0.399. The molecule has 0 saturated heterocycles. The van der Waals surface area contributed by atoms with E-state index in [4.69, 9.17) is 16.8 Å². The highest BCUT2D eigenvalue weighted by Gasteiger charge is 1.89. The van der Waals surface area contributed by atoms with Gasteiger partial charge in [0.15, 0.2) is 5.78 Å². The van der Waals surface area contributed by atoms with Crippen LogP contribution in [0.3, 0.4) is 0 Å². The molecule has 0 saturated carbocycles. The van der Waals surface area contributed by atoms with Crippen molar-refractivity contribution in [3.8, 4) is 0 Å². The van der Waals surface area contributed by atoms with Gasteiger partial charge >= 0.3 is 0 Å². The van der Waals surface area contributed by atoms with Crippen molar-refractivity contribution in [2.45, 2.75) is 0 Å². The monoisotopic (exact) mass is 121 g/mol. The van der Waals surface area contributed by atoms with Crippen LogP contribution in [-0.4, -0.2) is 23.1 Å². The first-order valence-electron chi connectivity index (χ1n) is 1.57. The molecule has 0 heterocycles. The van der Waals surface area contributed by atoms with Crippen LogP contribution < -0.4 is 0 Å². The molecule has 0 rings (SSSR count). The van der Waals surface area contributed by atoms with E-state index in [1.165, 1.54) is 0 Å². The summed E-state index contributed by atoms with van der Waals surface area (Å²) in [5.41, 5.74) is 0. The fourth-order valence-corrected chi connectivity index (χ4v) is 0.168. The molecule has 40 valence electrons. The van der Waals surface area contributed by atoms with Crippen LogP contribution in [0, 0.1) is 0 Å². The third kappa shape index (κ3) is 3.26. The summed E-state index contributed by atoms with van der Waals surface area (Å²) in [6.45, 7) is 0. The molecule has 0 bridgehead atoms. The van der Waals surface area contributed by atoms with Crippen LogP contribution in [0.15, 0.2) is 5.16 Å². The van der Waals surface area contributed by atoms with E-state index >= 15 is 0 Å². The third-order valence-corrected chi connectivity index (χ3v) is 0.597. The lowest BCUT2D eigenvalue weighted by Crippen LogP contribution is -1.98. The van der Waals surface area contributed by atoms with Crippen LogP contribution in [0.2, 0.25) is 0 Å². The van der Waals surface area contributed by atoms with Crippen molar-refractivity contribution in [1.82, 2.24) is 0 Å².